The predicted molar refractivity (Wildman–Crippen MR) is 95.0 cm³/mol. The van der Waals surface area contributed by atoms with Crippen molar-refractivity contribution in [2.45, 2.75) is 45.2 Å². The molecule has 2 aliphatic rings. The number of rotatable bonds is 3. The minimum atomic E-state index is -0.0584. The van der Waals surface area contributed by atoms with Gasteiger partial charge in [-0.05, 0) is 32.3 Å². The Kier molecular flexibility index (Phi) is 4.48. The van der Waals surface area contributed by atoms with Crippen molar-refractivity contribution >= 4 is 11.8 Å². The van der Waals surface area contributed by atoms with Crippen molar-refractivity contribution in [2.24, 2.45) is 0 Å². The zero-order valence-electron chi connectivity index (χ0n) is 15.0. The van der Waals surface area contributed by atoms with Crippen LogP contribution in [0.5, 0.6) is 0 Å². The minimum absolute atomic E-state index is 0.0212. The molecule has 2 amide bonds. The Morgan fingerprint density at radius 2 is 2.23 bits per heavy atom. The predicted octanol–water partition coefficient (Wildman–Crippen LogP) is 1.25. The van der Waals surface area contributed by atoms with Gasteiger partial charge >= 0.3 is 0 Å². The zero-order chi connectivity index (χ0) is 18.1. The average molecular weight is 356 g/mol. The molecule has 2 aromatic rings. The lowest BCUT2D eigenvalue weighted by molar-refractivity contribution is 0.0705. The number of piperidine rings is 1. The molecule has 26 heavy (non-hydrogen) atoms. The molecule has 0 saturated carbocycles. The molecule has 2 aliphatic heterocycles. The van der Waals surface area contributed by atoms with Crippen molar-refractivity contribution in [3.05, 3.63) is 35.4 Å². The number of carbonyl (C=O) groups excluding carboxylic acids is 2. The largest absolute Gasteiger partial charge is 0.351 e. The summed E-state index contributed by atoms with van der Waals surface area (Å²) in [7, 11) is 0. The quantitative estimate of drug-likeness (QED) is 0.897. The van der Waals surface area contributed by atoms with E-state index in [1.54, 1.807) is 17.1 Å². The van der Waals surface area contributed by atoms with E-state index in [1.807, 2.05) is 22.6 Å². The third-order valence-electron chi connectivity index (χ3n) is 5.19. The van der Waals surface area contributed by atoms with E-state index in [-0.39, 0.29) is 17.7 Å². The Labute approximate surface area is 152 Å². The molecule has 1 saturated heterocycles. The van der Waals surface area contributed by atoms with Gasteiger partial charge in [-0.3, -0.25) is 19.0 Å². The number of nitrogens with zero attached hydrogens (tertiary/aromatic N) is 5. The summed E-state index contributed by atoms with van der Waals surface area (Å²) in [5.41, 5.74) is 2.18. The van der Waals surface area contributed by atoms with Gasteiger partial charge in [0.2, 0.25) is 0 Å². The molecule has 0 bridgehead atoms. The van der Waals surface area contributed by atoms with E-state index >= 15 is 0 Å². The molecule has 2 aromatic heterocycles. The second-order valence-corrected chi connectivity index (χ2v) is 6.96. The van der Waals surface area contributed by atoms with Crippen molar-refractivity contribution in [2.75, 3.05) is 19.6 Å². The third kappa shape index (κ3) is 3.11. The van der Waals surface area contributed by atoms with E-state index in [0.717, 1.165) is 44.6 Å². The Morgan fingerprint density at radius 1 is 1.35 bits per heavy atom. The molecule has 138 valence electrons. The summed E-state index contributed by atoms with van der Waals surface area (Å²) in [6, 6.07) is 1.90. The molecule has 4 rings (SSSR count). The maximum Gasteiger partial charge on any atom is 0.269 e. The smallest absolute Gasteiger partial charge is 0.269 e. The molecule has 1 unspecified atom stereocenters. The van der Waals surface area contributed by atoms with Gasteiger partial charge in [0.15, 0.2) is 0 Å². The summed E-state index contributed by atoms with van der Waals surface area (Å²) in [4.78, 5) is 26.8. The van der Waals surface area contributed by atoms with Gasteiger partial charge in [-0.2, -0.15) is 10.2 Å². The minimum Gasteiger partial charge on any atom is -0.351 e. The Bertz CT molecular complexity index is 824. The number of likely N-dealkylation sites (tertiary alicyclic amines) is 1. The van der Waals surface area contributed by atoms with Crippen LogP contribution < -0.4 is 5.32 Å². The van der Waals surface area contributed by atoms with Crippen LogP contribution in [-0.4, -0.2) is 55.9 Å². The van der Waals surface area contributed by atoms with Crippen molar-refractivity contribution in [3.8, 4) is 0 Å². The van der Waals surface area contributed by atoms with Gasteiger partial charge < -0.3 is 10.2 Å². The van der Waals surface area contributed by atoms with Crippen molar-refractivity contribution in [1.29, 1.82) is 0 Å². The number of hydrogen-bond acceptors (Lipinski definition) is 4. The van der Waals surface area contributed by atoms with Crippen LogP contribution in [0.25, 0.3) is 0 Å². The molecule has 1 fully saturated rings. The number of carbonyl (C=O) groups is 2. The second kappa shape index (κ2) is 6.93. The van der Waals surface area contributed by atoms with Crippen LogP contribution in [-0.2, 0) is 13.1 Å². The first kappa shape index (κ1) is 16.8. The molecule has 8 heteroatoms. The Hall–Kier alpha value is -2.64. The summed E-state index contributed by atoms with van der Waals surface area (Å²) in [6.07, 6.45) is 6.24. The first-order valence-electron chi connectivity index (χ1n) is 9.33. The highest BCUT2D eigenvalue weighted by Crippen LogP contribution is 2.28. The number of fused-ring (bicyclic) bond motifs is 1. The van der Waals surface area contributed by atoms with Gasteiger partial charge in [-0.25, -0.2) is 0 Å². The summed E-state index contributed by atoms with van der Waals surface area (Å²) in [5, 5.41) is 11.8. The highest BCUT2D eigenvalue weighted by atomic mass is 16.2. The van der Waals surface area contributed by atoms with Gasteiger partial charge in [0.1, 0.15) is 5.69 Å². The highest BCUT2D eigenvalue weighted by molar-refractivity contribution is 5.94. The summed E-state index contributed by atoms with van der Waals surface area (Å²) in [6.45, 7) is 5.57. The average Bonchev–Trinajstić information content (AvgIpc) is 3.28. The molecule has 1 N–H and O–H groups in total. The maximum atomic E-state index is 12.8. The molecule has 4 heterocycles. The van der Waals surface area contributed by atoms with E-state index in [2.05, 4.69) is 15.5 Å². The standard InChI is InChI=1S/C18H24N6O2/c1-2-23-12-14(10-20-23)18(26)22-7-3-5-13(11-22)15-9-16-17(25)19-6-4-8-24(16)21-15/h9-10,12-13H,2-8,11H2,1H3,(H,19,25). The Morgan fingerprint density at radius 3 is 3.04 bits per heavy atom. The van der Waals surface area contributed by atoms with Crippen LogP contribution >= 0.6 is 0 Å². The van der Waals surface area contributed by atoms with E-state index in [4.69, 9.17) is 0 Å². The topological polar surface area (TPSA) is 85.0 Å². The van der Waals surface area contributed by atoms with Gasteiger partial charge in [0.25, 0.3) is 11.8 Å². The van der Waals surface area contributed by atoms with E-state index in [1.165, 1.54) is 0 Å². The van der Waals surface area contributed by atoms with Gasteiger partial charge in [0, 0.05) is 44.8 Å². The molecular formula is C18H24N6O2. The highest BCUT2D eigenvalue weighted by Gasteiger charge is 2.29. The molecule has 0 aliphatic carbocycles. The van der Waals surface area contributed by atoms with Crippen LogP contribution in [0.2, 0.25) is 0 Å². The van der Waals surface area contributed by atoms with Crippen LogP contribution in [0.15, 0.2) is 18.5 Å². The van der Waals surface area contributed by atoms with E-state index in [0.29, 0.717) is 24.3 Å². The zero-order valence-corrected chi connectivity index (χ0v) is 15.0. The van der Waals surface area contributed by atoms with Crippen LogP contribution in [0.1, 0.15) is 58.6 Å². The fourth-order valence-electron chi connectivity index (χ4n) is 3.74. The fraction of sp³-hybridized carbons (Fsp3) is 0.556. The number of aromatic nitrogens is 4. The molecule has 1 atom stereocenters. The molecule has 0 aromatic carbocycles. The van der Waals surface area contributed by atoms with E-state index < -0.39 is 0 Å². The van der Waals surface area contributed by atoms with Crippen molar-refractivity contribution in [1.82, 2.24) is 29.8 Å². The molecule has 0 spiro atoms. The monoisotopic (exact) mass is 356 g/mol. The SMILES string of the molecule is CCn1cc(C(=O)N2CCCC(c3cc4n(n3)CCCNC4=O)C2)cn1. The number of aryl methyl sites for hydroxylation is 2. The molecular weight excluding hydrogens is 332 g/mol. The first-order chi connectivity index (χ1) is 12.7. The molecule has 8 nitrogen and oxygen atoms in total. The first-order valence-corrected chi connectivity index (χ1v) is 9.33. The van der Waals surface area contributed by atoms with Crippen LogP contribution in [0.3, 0.4) is 0 Å². The number of hydrogen-bond donors (Lipinski definition) is 1. The maximum absolute atomic E-state index is 12.8. The second-order valence-electron chi connectivity index (χ2n) is 6.96. The van der Waals surface area contributed by atoms with E-state index in [9.17, 15) is 9.59 Å². The lowest BCUT2D eigenvalue weighted by atomic mass is 9.94. The number of nitrogens with one attached hydrogen (secondary N) is 1. The van der Waals surface area contributed by atoms with Gasteiger partial charge in [-0.1, -0.05) is 0 Å². The van der Waals surface area contributed by atoms with Gasteiger partial charge in [0.05, 0.1) is 17.5 Å². The third-order valence-corrected chi connectivity index (χ3v) is 5.19. The van der Waals surface area contributed by atoms with Crippen LogP contribution in [0.4, 0.5) is 0 Å². The summed E-state index contributed by atoms with van der Waals surface area (Å²) < 4.78 is 3.57. The van der Waals surface area contributed by atoms with Crippen LogP contribution in [0, 0.1) is 0 Å². The normalized spacial score (nSPS) is 20.4. The summed E-state index contributed by atoms with van der Waals surface area (Å²) >= 11 is 0. The lowest BCUT2D eigenvalue weighted by Crippen LogP contribution is -2.39. The van der Waals surface area contributed by atoms with Gasteiger partial charge in [-0.15, -0.1) is 0 Å². The fourth-order valence-corrected chi connectivity index (χ4v) is 3.74. The summed E-state index contributed by atoms with van der Waals surface area (Å²) in [5.74, 6) is 0.131. The molecule has 0 radical (unpaired) electrons. The Balaban J connectivity index is 1.51. The lowest BCUT2D eigenvalue weighted by Gasteiger charge is -2.31. The van der Waals surface area contributed by atoms with Crippen molar-refractivity contribution in [3.63, 3.8) is 0 Å². The van der Waals surface area contributed by atoms with Crippen molar-refractivity contribution < 1.29 is 9.59 Å². The number of amides is 2.